The minimum atomic E-state index is 0.242. The molecule has 3 nitrogen and oxygen atoms in total. The molecule has 3 heteroatoms. The number of nitrogens with zero attached hydrogens (tertiary/aromatic N) is 3. The van der Waals surface area contributed by atoms with Crippen molar-refractivity contribution >= 4 is 54.4 Å². The first kappa shape index (κ1) is 31.9. The highest BCUT2D eigenvalue weighted by Gasteiger charge is 2.32. The van der Waals surface area contributed by atoms with Crippen LogP contribution in [-0.2, 0) is 6.42 Å². The first-order valence-corrected chi connectivity index (χ1v) is 19.8. The number of para-hydroxylation sites is 3. The quantitative estimate of drug-likeness (QED) is 0.177. The molecule has 2 aromatic heterocycles. The average Bonchev–Trinajstić information content (AvgIpc) is 3.79. The van der Waals surface area contributed by atoms with E-state index in [-0.39, 0.29) is 5.92 Å². The maximum Gasteiger partial charge on any atom is 0.165 e. The Hall–Kier alpha value is -7.36. The second kappa shape index (κ2) is 12.6. The molecular formula is C54H35N3. The van der Waals surface area contributed by atoms with Gasteiger partial charge in [-0.1, -0.05) is 164 Å². The van der Waals surface area contributed by atoms with E-state index < -0.39 is 0 Å². The van der Waals surface area contributed by atoms with Gasteiger partial charge in [-0.15, -0.1) is 0 Å². The molecular weight excluding hydrogens is 691 g/mol. The van der Waals surface area contributed by atoms with E-state index in [9.17, 15) is 0 Å². The van der Waals surface area contributed by atoms with Crippen molar-refractivity contribution in [2.45, 2.75) is 12.3 Å². The van der Waals surface area contributed by atoms with Gasteiger partial charge in [0.2, 0.25) is 0 Å². The maximum absolute atomic E-state index is 5.38. The van der Waals surface area contributed by atoms with Crippen molar-refractivity contribution in [3.8, 4) is 39.3 Å². The fraction of sp³-hybridized carbons (Fsp3) is 0.0370. The Morgan fingerprint density at radius 1 is 0.404 bits per heavy atom. The molecule has 0 saturated carbocycles. The van der Waals surface area contributed by atoms with Gasteiger partial charge in [0, 0.05) is 22.3 Å². The maximum atomic E-state index is 5.38. The summed E-state index contributed by atoms with van der Waals surface area (Å²) in [4.78, 5) is 10.7. The van der Waals surface area contributed by atoms with E-state index in [1.807, 2.05) is 12.1 Å². The fourth-order valence-electron chi connectivity index (χ4n) is 9.51. The standard InChI is InChI=1S/C54H35N3/c1-2-12-35(13-3-1)36-23-25-39(26-24-36)53-54(56-48-20-10-9-19-47(48)55-53)57-49-21-11-8-18-42(49)46-33-34(22-31-50(46)57)32-45-43-29-27-37-14-4-6-16-40(37)51(43)52-41-17-7-5-15-38(41)28-30-44(45)52/h1-31,33,45H,32H2. The van der Waals surface area contributed by atoms with Gasteiger partial charge in [-0.3, -0.25) is 4.57 Å². The van der Waals surface area contributed by atoms with Crippen LogP contribution in [0.15, 0.2) is 194 Å². The Balaban J connectivity index is 1.03. The van der Waals surface area contributed by atoms with Crippen LogP contribution in [0, 0.1) is 0 Å². The average molecular weight is 726 g/mol. The van der Waals surface area contributed by atoms with Gasteiger partial charge in [0.1, 0.15) is 5.69 Å². The summed E-state index contributed by atoms with van der Waals surface area (Å²) in [5.41, 5.74) is 15.2. The van der Waals surface area contributed by atoms with Crippen molar-refractivity contribution in [2.75, 3.05) is 0 Å². The molecule has 0 fully saturated rings. The zero-order chi connectivity index (χ0) is 37.5. The minimum absolute atomic E-state index is 0.242. The molecule has 0 unspecified atom stereocenters. The SMILES string of the molecule is c1ccc(-c2ccc(-c3nc4ccccc4nc3-n3c4ccccc4c4cc(CC5c6ccc7ccccc7c6-c6c5ccc5ccccc65)ccc43)cc2)cc1. The van der Waals surface area contributed by atoms with Crippen LogP contribution >= 0.6 is 0 Å². The van der Waals surface area contributed by atoms with Gasteiger partial charge >= 0.3 is 0 Å². The molecule has 1 aliphatic rings. The molecule has 0 aliphatic heterocycles. The number of hydrogen-bond donors (Lipinski definition) is 0. The van der Waals surface area contributed by atoms with E-state index in [2.05, 4.69) is 187 Å². The van der Waals surface area contributed by atoms with Crippen LogP contribution in [0.3, 0.4) is 0 Å². The molecule has 2 heterocycles. The van der Waals surface area contributed by atoms with Crippen molar-refractivity contribution in [2.24, 2.45) is 0 Å². The second-order valence-corrected chi connectivity index (χ2v) is 15.3. The number of aromatic nitrogens is 3. The van der Waals surface area contributed by atoms with E-state index in [0.29, 0.717) is 0 Å². The van der Waals surface area contributed by atoms with E-state index in [4.69, 9.17) is 9.97 Å². The molecule has 0 atom stereocenters. The molecule has 0 saturated heterocycles. The third-order valence-corrected chi connectivity index (χ3v) is 12.1. The summed E-state index contributed by atoms with van der Waals surface area (Å²) in [5, 5.41) is 7.66. The zero-order valence-electron chi connectivity index (χ0n) is 31.1. The predicted molar refractivity (Wildman–Crippen MR) is 237 cm³/mol. The molecule has 0 spiro atoms. The van der Waals surface area contributed by atoms with Gasteiger partial charge in [0.05, 0.1) is 22.1 Å². The summed E-state index contributed by atoms with van der Waals surface area (Å²) in [7, 11) is 0. The van der Waals surface area contributed by atoms with Gasteiger partial charge in [-0.25, -0.2) is 9.97 Å². The Kier molecular flexibility index (Phi) is 7.05. The first-order valence-electron chi connectivity index (χ1n) is 19.8. The lowest BCUT2D eigenvalue weighted by molar-refractivity contribution is 0.829. The summed E-state index contributed by atoms with van der Waals surface area (Å²) in [6.45, 7) is 0. The molecule has 9 aromatic carbocycles. The van der Waals surface area contributed by atoms with Gasteiger partial charge in [0.15, 0.2) is 5.82 Å². The molecule has 12 rings (SSSR count). The van der Waals surface area contributed by atoms with Gasteiger partial charge in [-0.05, 0) is 97.2 Å². The highest BCUT2D eigenvalue weighted by Crippen LogP contribution is 2.52. The molecule has 0 amide bonds. The molecule has 57 heavy (non-hydrogen) atoms. The van der Waals surface area contributed by atoms with E-state index in [0.717, 1.165) is 45.6 Å². The molecule has 0 N–H and O–H groups in total. The van der Waals surface area contributed by atoms with Gasteiger partial charge in [0.25, 0.3) is 0 Å². The second-order valence-electron chi connectivity index (χ2n) is 15.3. The molecule has 266 valence electrons. The van der Waals surface area contributed by atoms with E-state index in [1.165, 1.54) is 71.3 Å². The van der Waals surface area contributed by atoms with Gasteiger partial charge < -0.3 is 0 Å². The van der Waals surface area contributed by atoms with Crippen LogP contribution in [0.1, 0.15) is 22.6 Å². The van der Waals surface area contributed by atoms with Crippen LogP contribution in [0.25, 0.3) is 93.7 Å². The Labute approximate surface area is 330 Å². The van der Waals surface area contributed by atoms with Crippen LogP contribution < -0.4 is 0 Å². The van der Waals surface area contributed by atoms with E-state index in [1.54, 1.807) is 0 Å². The van der Waals surface area contributed by atoms with Crippen LogP contribution in [0.2, 0.25) is 0 Å². The number of benzene rings is 9. The first-order chi connectivity index (χ1) is 28.3. The molecule has 0 bridgehead atoms. The third-order valence-electron chi connectivity index (χ3n) is 12.1. The molecule has 0 radical (unpaired) electrons. The summed E-state index contributed by atoms with van der Waals surface area (Å²) >= 11 is 0. The van der Waals surface area contributed by atoms with Crippen molar-refractivity contribution in [3.05, 3.63) is 211 Å². The number of fused-ring (bicyclic) bond motifs is 11. The number of rotatable bonds is 5. The highest BCUT2D eigenvalue weighted by atomic mass is 15.1. The van der Waals surface area contributed by atoms with Crippen LogP contribution in [0.5, 0.6) is 0 Å². The summed E-state index contributed by atoms with van der Waals surface area (Å²) in [6.07, 6.45) is 0.904. The fourth-order valence-corrected chi connectivity index (χ4v) is 9.51. The van der Waals surface area contributed by atoms with Crippen LogP contribution in [0.4, 0.5) is 0 Å². The largest absolute Gasteiger partial charge is 0.292 e. The predicted octanol–water partition coefficient (Wildman–Crippen LogP) is 13.7. The Bertz CT molecular complexity index is 3290. The highest BCUT2D eigenvalue weighted by molar-refractivity contribution is 6.11. The topological polar surface area (TPSA) is 30.7 Å². The van der Waals surface area contributed by atoms with Gasteiger partial charge in [-0.2, -0.15) is 0 Å². The van der Waals surface area contributed by atoms with Crippen molar-refractivity contribution in [1.82, 2.24) is 14.5 Å². The smallest absolute Gasteiger partial charge is 0.165 e. The minimum Gasteiger partial charge on any atom is -0.292 e. The third kappa shape index (κ3) is 4.99. The number of hydrogen-bond acceptors (Lipinski definition) is 2. The lowest BCUT2D eigenvalue weighted by atomic mass is 9.88. The van der Waals surface area contributed by atoms with Crippen molar-refractivity contribution in [3.63, 3.8) is 0 Å². The summed E-state index contributed by atoms with van der Waals surface area (Å²) in [5.74, 6) is 1.07. The Morgan fingerprint density at radius 2 is 0.947 bits per heavy atom. The van der Waals surface area contributed by atoms with Crippen molar-refractivity contribution < 1.29 is 0 Å². The zero-order valence-corrected chi connectivity index (χ0v) is 31.1. The van der Waals surface area contributed by atoms with E-state index >= 15 is 0 Å². The molecule has 1 aliphatic carbocycles. The monoisotopic (exact) mass is 725 g/mol. The Morgan fingerprint density at radius 3 is 1.65 bits per heavy atom. The lowest BCUT2D eigenvalue weighted by Crippen LogP contribution is -2.04. The summed E-state index contributed by atoms with van der Waals surface area (Å²) < 4.78 is 2.33. The summed E-state index contributed by atoms with van der Waals surface area (Å²) in [6, 6.07) is 70.3. The lowest BCUT2D eigenvalue weighted by Gasteiger charge is -2.16. The van der Waals surface area contributed by atoms with Crippen molar-refractivity contribution in [1.29, 1.82) is 0 Å². The van der Waals surface area contributed by atoms with Crippen LogP contribution in [-0.4, -0.2) is 14.5 Å². The molecule has 11 aromatic rings. The normalized spacial score (nSPS) is 12.6.